The molecule has 1 amide bonds. The molecular formula is C15H13FN4OS2. The monoisotopic (exact) mass is 348 g/mol. The third-order valence-electron chi connectivity index (χ3n) is 3.30. The molecule has 0 unspecified atom stereocenters. The van der Waals surface area contributed by atoms with Crippen LogP contribution in [0.5, 0.6) is 0 Å². The van der Waals surface area contributed by atoms with E-state index in [2.05, 4.69) is 15.5 Å². The third kappa shape index (κ3) is 3.22. The molecule has 118 valence electrons. The first-order valence-electron chi connectivity index (χ1n) is 6.83. The minimum absolute atomic E-state index is 0.300. The summed E-state index contributed by atoms with van der Waals surface area (Å²) in [5, 5.41) is 11.5. The second-order valence-corrected chi connectivity index (χ2v) is 6.21. The van der Waals surface area contributed by atoms with Crippen molar-refractivity contribution in [3.63, 3.8) is 0 Å². The summed E-state index contributed by atoms with van der Waals surface area (Å²) in [6.07, 6.45) is 0. The average Bonchev–Trinajstić information content (AvgIpc) is 3.15. The minimum Gasteiger partial charge on any atom is -0.324 e. The van der Waals surface area contributed by atoms with Crippen molar-refractivity contribution in [1.29, 1.82) is 0 Å². The number of aromatic amines is 1. The molecule has 3 rings (SSSR count). The standard InChI is InChI=1S/C15H13FN4OS2/c1-9(14(21)17-11-5-2-4-10(16)8-11)20-13(18-19-15(20)22)12-6-3-7-23-12/h2-9H,1H3,(H,17,21)(H,19,22)/t9-/m0/s1. The highest BCUT2D eigenvalue weighted by Gasteiger charge is 2.21. The van der Waals surface area contributed by atoms with Crippen LogP contribution in [0.4, 0.5) is 10.1 Å². The van der Waals surface area contributed by atoms with E-state index in [0.717, 1.165) is 4.88 Å². The summed E-state index contributed by atoms with van der Waals surface area (Å²) in [4.78, 5) is 13.4. The molecule has 1 atom stereocenters. The number of nitrogens with zero attached hydrogens (tertiary/aromatic N) is 2. The van der Waals surface area contributed by atoms with Gasteiger partial charge in [-0.25, -0.2) is 4.39 Å². The van der Waals surface area contributed by atoms with E-state index < -0.39 is 11.9 Å². The van der Waals surface area contributed by atoms with E-state index in [-0.39, 0.29) is 5.91 Å². The van der Waals surface area contributed by atoms with Crippen LogP contribution < -0.4 is 5.32 Å². The third-order valence-corrected chi connectivity index (χ3v) is 4.46. The molecule has 2 heterocycles. The lowest BCUT2D eigenvalue weighted by molar-refractivity contribution is -0.118. The van der Waals surface area contributed by atoms with E-state index >= 15 is 0 Å². The number of amides is 1. The number of hydrogen-bond donors (Lipinski definition) is 2. The van der Waals surface area contributed by atoms with E-state index in [1.165, 1.54) is 29.5 Å². The SMILES string of the molecule is C[C@@H](C(=O)Nc1cccc(F)c1)n1c(-c2cccs2)n[nH]c1=S. The van der Waals surface area contributed by atoms with E-state index in [1.54, 1.807) is 17.6 Å². The van der Waals surface area contributed by atoms with Gasteiger partial charge in [0.25, 0.3) is 0 Å². The van der Waals surface area contributed by atoms with Crippen molar-refractivity contribution in [1.82, 2.24) is 14.8 Å². The highest BCUT2D eigenvalue weighted by atomic mass is 32.1. The molecule has 0 fully saturated rings. The van der Waals surface area contributed by atoms with Crippen molar-refractivity contribution in [2.24, 2.45) is 0 Å². The molecule has 0 saturated heterocycles. The Bertz CT molecular complexity index is 885. The molecule has 0 aliphatic heterocycles. The lowest BCUT2D eigenvalue weighted by atomic mass is 10.2. The molecule has 2 N–H and O–H groups in total. The van der Waals surface area contributed by atoms with Gasteiger partial charge in [0.15, 0.2) is 10.6 Å². The Morgan fingerprint density at radius 1 is 1.43 bits per heavy atom. The first kappa shape index (κ1) is 15.6. The number of H-pyrrole nitrogens is 1. The van der Waals surface area contributed by atoms with Crippen LogP contribution in [0.1, 0.15) is 13.0 Å². The number of hydrogen-bond acceptors (Lipinski definition) is 4. The van der Waals surface area contributed by atoms with Gasteiger partial charge in [0.1, 0.15) is 11.9 Å². The van der Waals surface area contributed by atoms with Crippen LogP contribution >= 0.6 is 23.6 Å². The van der Waals surface area contributed by atoms with E-state index in [1.807, 2.05) is 17.5 Å². The van der Waals surface area contributed by atoms with Crippen LogP contribution in [0.25, 0.3) is 10.7 Å². The first-order valence-corrected chi connectivity index (χ1v) is 8.12. The fourth-order valence-electron chi connectivity index (χ4n) is 2.17. The summed E-state index contributed by atoms with van der Waals surface area (Å²) < 4.78 is 15.2. The molecule has 0 aliphatic rings. The van der Waals surface area contributed by atoms with Crippen molar-refractivity contribution in [3.05, 3.63) is 52.4 Å². The van der Waals surface area contributed by atoms with Crippen molar-refractivity contribution in [3.8, 4) is 10.7 Å². The van der Waals surface area contributed by atoms with Gasteiger partial charge < -0.3 is 5.32 Å². The predicted octanol–water partition coefficient (Wildman–Crippen LogP) is 4.01. The summed E-state index contributed by atoms with van der Waals surface area (Å²) >= 11 is 6.74. The molecule has 0 saturated carbocycles. The number of halogens is 1. The maximum Gasteiger partial charge on any atom is 0.247 e. The molecule has 1 aromatic carbocycles. The number of aromatic nitrogens is 3. The zero-order valence-electron chi connectivity index (χ0n) is 12.1. The molecule has 0 bridgehead atoms. The second-order valence-electron chi connectivity index (χ2n) is 4.88. The maximum absolute atomic E-state index is 13.2. The molecule has 2 aromatic heterocycles. The topological polar surface area (TPSA) is 62.7 Å². The molecule has 3 aromatic rings. The van der Waals surface area contributed by atoms with Gasteiger partial charge in [-0.2, -0.15) is 5.10 Å². The van der Waals surface area contributed by atoms with Gasteiger partial charge in [-0.05, 0) is 48.8 Å². The van der Waals surface area contributed by atoms with Crippen LogP contribution in [0.3, 0.4) is 0 Å². The molecule has 5 nitrogen and oxygen atoms in total. The Hall–Kier alpha value is -2.32. The molecule has 8 heteroatoms. The summed E-state index contributed by atoms with van der Waals surface area (Å²) in [5.74, 6) is -0.104. The fraction of sp³-hybridized carbons (Fsp3) is 0.133. The van der Waals surface area contributed by atoms with Gasteiger partial charge in [-0.15, -0.1) is 11.3 Å². The number of thiophene rings is 1. The Labute approximate surface area is 140 Å². The molecule has 0 radical (unpaired) electrons. The van der Waals surface area contributed by atoms with Gasteiger partial charge in [0, 0.05) is 5.69 Å². The van der Waals surface area contributed by atoms with E-state index in [0.29, 0.717) is 16.3 Å². The lowest BCUT2D eigenvalue weighted by Crippen LogP contribution is -2.24. The molecule has 0 spiro atoms. The largest absolute Gasteiger partial charge is 0.324 e. The fourth-order valence-corrected chi connectivity index (χ4v) is 3.17. The number of benzene rings is 1. The zero-order chi connectivity index (χ0) is 16.4. The van der Waals surface area contributed by atoms with Gasteiger partial charge in [-0.1, -0.05) is 12.1 Å². The van der Waals surface area contributed by atoms with Crippen LogP contribution in [-0.2, 0) is 4.79 Å². The summed E-state index contributed by atoms with van der Waals surface area (Å²) in [7, 11) is 0. The number of anilines is 1. The van der Waals surface area contributed by atoms with Crippen molar-refractivity contribution >= 4 is 35.1 Å². The lowest BCUT2D eigenvalue weighted by Gasteiger charge is -2.15. The highest BCUT2D eigenvalue weighted by Crippen LogP contribution is 2.26. The summed E-state index contributed by atoms with van der Waals surface area (Å²) in [6.45, 7) is 1.72. The van der Waals surface area contributed by atoms with Gasteiger partial charge >= 0.3 is 0 Å². The summed E-state index contributed by atoms with van der Waals surface area (Å²) in [6, 6.07) is 8.96. The molecular weight excluding hydrogens is 335 g/mol. The molecule has 23 heavy (non-hydrogen) atoms. The van der Waals surface area contributed by atoms with Crippen molar-refractivity contribution in [2.45, 2.75) is 13.0 Å². The Balaban J connectivity index is 1.89. The quantitative estimate of drug-likeness (QED) is 0.700. The van der Waals surface area contributed by atoms with Crippen molar-refractivity contribution < 1.29 is 9.18 Å². The number of rotatable bonds is 4. The zero-order valence-corrected chi connectivity index (χ0v) is 13.7. The number of nitrogens with one attached hydrogen (secondary N) is 2. The molecule has 0 aliphatic carbocycles. The highest BCUT2D eigenvalue weighted by molar-refractivity contribution is 7.71. The summed E-state index contributed by atoms with van der Waals surface area (Å²) in [5.41, 5.74) is 0.398. The van der Waals surface area contributed by atoms with Crippen LogP contribution in [-0.4, -0.2) is 20.7 Å². The first-order chi connectivity index (χ1) is 11.1. The van der Waals surface area contributed by atoms with Gasteiger partial charge in [0.2, 0.25) is 5.91 Å². The second kappa shape index (κ2) is 6.43. The Kier molecular flexibility index (Phi) is 4.35. The average molecular weight is 348 g/mol. The van der Waals surface area contributed by atoms with Crippen LogP contribution in [0.2, 0.25) is 0 Å². The van der Waals surface area contributed by atoms with Gasteiger partial charge in [0.05, 0.1) is 4.88 Å². The number of carbonyl (C=O) groups is 1. The van der Waals surface area contributed by atoms with E-state index in [9.17, 15) is 9.18 Å². The maximum atomic E-state index is 13.2. The van der Waals surface area contributed by atoms with Crippen molar-refractivity contribution in [2.75, 3.05) is 5.32 Å². The normalized spacial score (nSPS) is 12.1. The van der Waals surface area contributed by atoms with E-state index in [4.69, 9.17) is 12.2 Å². The smallest absolute Gasteiger partial charge is 0.247 e. The Morgan fingerprint density at radius 3 is 2.96 bits per heavy atom. The minimum atomic E-state index is -0.596. The number of carbonyl (C=O) groups excluding carboxylic acids is 1. The van der Waals surface area contributed by atoms with Crippen LogP contribution in [0, 0.1) is 10.6 Å². The Morgan fingerprint density at radius 2 is 2.26 bits per heavy atom. The van der Waals surface area contributed by atoms with Gasteiger partial charge in [-0.3, -0.25) is 14.5 Å². The van der Waals surface area contributed by atoms with Crippen LogP contribution in [0.15, 0.2) is 41.8 Å². The predicted molar refractivity (Wildman–Crippen MR) is 90.5 cm³/mol.